The lowest BCUT2D eigenvalue weighted by Gasteiger charge is -2.30. The fraction of sp³-hybridized carbons (Fsp3) is 0.320. The SMILES string of the molecule is Cc1cc(C)cc(NC(=O)CN2CCC(C(=O)Nc3cc4ccccc4oc3=O)CC2)c1. The summed E-state index contributed by atoms with van der Waals surface area (Å²) in [7, 11) is 0. The molecule has 2 aromatic carbocycles. The van der Waals surface area contributed by atoms with Crippen molar-refractivity contribution in [2.24, 2.45) is 5.92 Å². The summed E-state index contributed by atoms with van der Waals surface area (Å²) in [5, 5.41) is 6.44. The number of hydrogen-bond acceptors (Lipinski definition) is 5. The Morgan fingerprint density at radius 2 is 1.69 bits per heavy atom. The second kappa shape index (κ2) is 9.36. The summed E-state index contributed by atoms with van der Waals surface area (Å²) >= 11 is 0. The molecule has 2 amide bonds. The van der Waals surface area contributed by atoms with Gasteiger partial charge in [-0.05, 0) is 75.2 Å². The number of rotatable bonds is 5. The molecule has 1 fully saturated rings. The summed E-state index contributed by atoms with van der Waals surface area (Å²) in [6.07, 6.45) is 1.25. The van der Waals surface area contributed by atoms with Crippen LogP contribution < -0.4 is 16.3 Å². The first kappa shape index (κ1) is 21.8. The number of carbonyl (C=O) groups excluding carboxylic acids is 2. The second-order valence-electron chi connectivity index (χ2n) is 8.45. The van der Waals surface area contributed by atoms with Crippen molar-refractivity contribution in [3.05, 3.63) is 70.1 Å². The first-order chi connectivity index (χ1) is 15.4. The molecule has 7 heteroatoms. The van der Waals surface area contributed by atoms with E-state index in [1.807, 2.05) is 43.0 Å². The van der Waals surface area contributed by atoms with E-state index in [-0.39, 0.29) is 30.0 Å². The molecule has 2 heterocycles. The average Bonchev–Trinajstić information content (AvgIpc) is 2.74. The van der Waals surface area contributed by atoms with E-state index in [4.69, 9.17) is 4.42 Å². The van der Waals surface area contributed by atoms with Gasteiger partial charge < -0.3 is 15.1 Å². The first-order valence-corrected chi connectivity index (χ1v) is 10.8. The molecule has 1 aliphatic heterocycles. The maximum absolute atomic E-state index is 12.7. The van der Waals surface area contributed by atoms with Crippen molar-refractivity contribution in [3.63, 3.8) is 0 Å². The monoisotopic (exact) mass is 433 g/mol. The van der Waals surface area contributed by atoms with Crippen LogP contribution in [0.25, 0.3) is 11.0 Å². The number of hydrogen-bond donors (Lipinski definition) is 2. The number of nitrogens with one attached hydrogen (secondary N) is 2. The van der Waals surface area contributed by atoms with Gasteiger partial charge in [-0.2, -0.15) is 0 Å². The first-order valence-electron chi connectivity index (χ1n) is 10.8. The average molecular weight is 434 g/mol. The van der Waals surface area contributed by atoms with Crippen molar-refractivity contribution < 1.29 is 14.0 Å². The number of carbonyl (C=O) groups is 2. The second-order valence-corrected chi connectivity index (χ2v) is 8.45. The van der Waals surface area contributed by atoms with Crippen molar-refractivity contribution in [1.29, 1.82) is 0 Å². The highest BCUT2D eigenvalue weighted by Crippen LogP contribution is 2.21. The molecule has 166 valence electrons. The van der Waals surface area contributed by atoms with Gasteiger partial charge in [0.25, 0.3) is 0 Å². The van der Waals surface area contributed by atoms with Crippen LogP contribution in [0, 0.1) is 19.8 Å². The lowest BCUT2D eigenvalue weighted by atomic mass is 9.96. The minimum Gasteiger partial charge on any atom is -0.421 e. The largest absolute Gasteiger partial charge is 0.421 e. The predicted molar refractivity (Wildman–Crippen MR) is 125 cm³/mol. The number of piperidine rings is 1. The van der Waals surface area contributed by atoms with Gasteiger partial charge in [0.2, 0.25) is 11.8 Å². The maximum Gasteiger partial charge on any atom is 0.360 e. The zero-order valence-electron chi connectivity index (χ0n) is 18.3. The number of nitrogens with zero attached hydrogens (tertiary/aromatic N) is 1. The van der Waals surface area contributed by atoms with Gasteiger partial charge in [0.1, 0.15) is 11.3 Å². The van der Waals surface area contributed by atoms with E-state index in [1.54, 1.807) is 18.2 Å². The highest BCUT2D eigenvalue weighted by molar-refractivity contribution is 5.94. The zero-order chi connectivity index (χ0) is 22.7. The topological polar surface area (TPSA) is 91.7 Å². The van der Waals surface area contributed by atoms with Gasteiger partial charge in [-0.15, -0.1) is 0 Å². The van der Waals surface area contributed by atoms with Crippen LogP contribution in [0.2, 0.25) is 0 Å². The third kappa shape index (κ3) is 5.23. The summed E-state index contributed by atoms with van der Waals surface area (Å²) in [4.78, 5) is 39.4. The Bertz CT molecular complexity index is 1190. The molecule has 0 radical (unpaired) electrons. The van der Waals surface area contributed by atoms with Crippen molar-refractivity contribution in [2.45, 2.75) is 26.7 Å². The van der Waals surface area contributed by atoms with E-state index in [2.05, 4.69) is 16.7 Å². The fourth-order valence-corrected chi connectivity index (χ4v) is 4.19. The van der Waals surface area contributed by atoms with Gasteiger partial charge in [-0.3, -0.25) is 14.5 Å². The van der Waals surface area contributed by atoms with Crippen LogP contribution in [0.15, 0.2) is 57.7 Å². The summed E-state index contributed by atoms with van der Waals surface area (Å²) in [6, 6.07) is 14.8. The Balaban J connectivity index is 1.29. The molecule has 0 saturated carbocycles. The van der Waals surface area contributed by atoms with Crippen LogP contribution in [0.4, 0.5) is 11.4 Å². The third-order valence-electron chi connectivity index (χ3n) is 5.73. The molecule has 0 atom stereocenters. The number of amides is 2. The van der Waals surface area contributed by atoms with Gasteiger partial charge in [0, 0.05) is 17.0 Å². The van der Waals surface area contributed by atoms with Crippen LogP contribution in [0.5, 0.6) is 0 Å². The number of likely N-dealkylation sites (tertiary alicyclic amines) is 1. The quantitative estimate of drug-likeness (QED) is 0.599. The molecule has 0 unspecified atom stereocenters. The van der Waals surface area contributed by atoms with Crippen LogP contribution in [0.1, 0.15) is 24.0 Å². The summed E-state index contributed by atoms with van der Waals surface area (Å²) in [6.45, 7) is 5.57. The third-order valence-corrected chi connectivity index (χ3v) is 5.73. The van der Waals surface area contributed by atoms with Crippen molar-refractivity contribution in [2.75, 3.05) is 30.3 Å². The van der Waals surface area contributed by atoms with Crippen LogP contribution in [-0.2, 0) is 9.59 Å². The molecule has 1 aliphatic rings. The lowest BCUT2D eigenvalue weighted by molar-refractivity contribution is -0.121. The van der Waals surface area contributed by atoms with E-state index in [9.17, 15) is 14.4 Å². The fourth-order valence-electron chi connectivity index (χ4n) is 4.19. The Morgan fingerprint density at radius 1 is 1.00 bits per heavy atom. The minimum absolute atomic E-state index is 0.0633. The zero-order valence-corrected chi connectivity index (χ0v) is 18.3. The number of anilines is 2. The molecule has 1 aromatic heterocycles. The Labute approximate surface area is 186 Å². The molecule has 1 saturated heterocycles. The lowest BCUT2D eigenvalue weighted by Crippen LogP contribution is -2.42. The molecule has 3 aromatic rings. The highest BCUT2D eigenvalue weighted by atomic mass is 16.4. The van der Waals surface area contributed by atoms with E-state index in [0.717, 1.165) is 22.2 Å². The highest BCUT2D eigenvalue weighted by Gasteiger charge is 2.26. The standard InChI is InChI=1S/C25H27N3O4/c1-16-11-17(2)13-20(12-16)26-23(29)15-28-9-7-18(8-10-28)24(30)27-21-14-19-5-3-4-6-22(19)32-25(21)31/h3-6,11-14,18H,7-10,15H2,1-2H3,(H,26,29)(H,27,30). The Morgan fingerprint density at radius 3 is 2.41 bits per heavy atom. The van der Waals surface area contributed by atoms with E-state index in [0.29, 0.717) is 31.5 Å². The van der Waals surface area contributed by atoms with Crippen molar-refractivity contribution >= 4 is 34.2 Å². The van der Waals surface area contributed by atoms with Gasteiger partial charge in [-0.25, -0.2) is 4.79 Å². The molecule has 2 N–H and O–H groups in total. The van der Waals surface area contributed by atoms with E-state index >= 15 is 0 Å². The van der Waals surface area contributed by atoms with Gasteiger partial charge in [0.15, 0.2) is 0 Å². The van der Waals surface area contributed by atoms with Gasteiger partial charge in [-0.1, -0.05) is 24.3 Å². The molecular weight excluding hydrogens is 406 g/mol. The molecule has 0 bridgehead atoms. The van der Waals surface area contributed by atoms with Gasteiger partial charge >= 0.3 is 5.63 Å². The molecular formula is C25H27N3O4. The Hall–Kier alpha value is -3.45. The summed E-state index contributed by atoms with van der Waals surface area (Å²) < 4.78 is 5.28. The van der Waals surface area contributed by atoms with E-state index in [1.165, 1.54) is 0 Å². The minimum atomic E-state index is -0.558. The summed E-state index contributed by atoms with van der Waals surface area (Å²) in [5.41, 5.74) is 3.10. The van der Waals surface area contributed by atoms with E-state index < -0.39 is 5.63 Å². The van der Waals surface area contributed by atoms with Crippen molar-refractivity contribution in [3.8, 4) is 0 Å². The maximum atomic E-state index is 12.7. The van der Waals surface area contributed by atoms with Gasteiger partial charge in [0.05, 0.1) is 6.54 Å². The number of benzene rings is 2. The predicted octanol–water partition coefficient (Wildman–Crippen LogP) is 3.70. The van der Waals surface area contributed by atoms with Crippen LogP contribution in [0.3, 0.4) is 0 Å². The number of para-hydroxylation sites is 1. The summed E-state index contributed by atoms with van der Waals surface area (Å²) in [5.74, 6) is -0.460. The number of fused-ring (bicyclic) bond motifs is 1. The smallest absolute Gasteiger partial charge is 0.360 e. The van der Waals surface area contributed by atoms with Crippen LogP contribution >= 0.6 is 0 Å². The normalized spacial score (nSPS) is 14.9. The molecule has 0 aliphatic carbocycles. The molecule has 7 nitrogen and oxygen atoms in total. The molecule has 32 heavy (non-hydrogen) atoms. The van der Waals surface area contributed by atoms with Crippen molar-refractivity contribution in [1.82, 2.24) is 4.90 Å². The molecule has 4 rings (SSSR count). The Kier molecular flexibility index (Phi) is 6.37. The van der Waals surface area contributed by atoms with Crippen LogP contribution in [-0.4, -0.2) is 36.3 Å². The molecule has 0 spiro atoms. The number of aryl methyl sites for hydroxylation is 2.